The van der Waals surface area contributed by atoms with E-state index in [0.29, 0.717) is 5.56 Å². The van der Waals surface area contributed by atoms with Crippen LogP contribution >= 0.6 is 12.6 Å². The van der Waals surface area contributed by atoms with Crippen LogP contribution in [0.3, 0.4) is 0 Å². The van der Waals surface area contributed by atoms with Crippen molar-refractivity contribution in [2.24, 2.45) is 5.73 Å². The van der Waals surface area contributed by atoms with Crippen LogP contribution in [0.4, 0.5) is 0 Å². The number of nitriles is 1. The molecule has 2 aromatic carbocycles. The molecule has 1 aromatic heterocycles. The number of aromatic nitrogens is 1. The van der Waals surface area contributed by atoms with E-state index in [0.717, 1.165) is 11.3 Å². The summed E-state index contributed by atoms with van der Waals surface area (Å²) in [6, 6.07) is 17.7. The Hall–Kier alpha value is -2.22. The Bertz CT molecular complexity index is 784. The molecule has 3 nitrogen and oxygen atoms in total. The summed E-state index contributed by atoms with van der Waals surface area (Å²) in [5.74, 6) is 0. The molecule has 0 fully saturated rings. The second-order valence-electron chi connectivity index (χ2n) is 5.20. The molecular formula is C18H19N3S. The lowest BCUT2D eigenvalue weighted by molar-refractivity contribution is 0.741. The van der Waals surface area contributed by atoms with Crippen molar-refractivity contribution in [1.82, 2.24) is 4.98 Å². The van der Waals surface area contributed by atoms with Crippen LogP contribution in [-0.2, 0) is 6.42 Å². The van der Waals surface area contributed by atoms with Gasteiger partial charge in [-0.25, -0.2) is 0 Å². The van der Waals surface area contributed by atoms with Gasteiger partial charge in [-0.05, 0) is 43.2 Å². The lowest BCUT2D eigenvalue weighted by Crippen LogP contribution is -2.17. The maximum atomic E-state index is 8.38. The fourth-order valence-corrected chi connectivity index (χ4v) is 2.45. The zero-order chi connectivity index (χ0) is 15.9. The molecular weight excluding hydrogens is 290 g/mol. The van der Waals surface area contributed by atoms with Crippen molar-refractivity contribution >= 4 is 23.5 Å². The minimum atomic E-state index is 0.221. The van der Waals surface area contributed by atoms with Crippen LogP contribution in [0.15, 0.2) is 59.6 Å². The van der Waals surface area contributed by atoms with Crippen molar-refractivity contribution in [2.45, 2.75) is 24.3 Å². The van der Waals surface area contributed by atoms with Crippen LogP contribution in [0.25, 0.3) is 10.9 Å². The van der Waals surface area contributed by atoms with Gasteiger partial charge in [0, 0.05) is 28.0 Å². The predicted molar refractivity (Wildman–Crippen MR) is 94.1 cm³/mol. The number of fused-ring (bicyclic) bond motifs is 1. The summed E-state index contributed by atoms with van der Waals surface area (Å²) in [4.78, 5) is 4.07. The molecule has 22 heavy (non-hydrogen) atoms. The lowest BCUT2D eigenvalue weighted by atomic mass is 10.1. The van der Waals surface area contributed by atoms with E-state index < -0.39 is 0 Å². The third kappa shape index (κ3) is 4.39. The van der Waals surface area contributed by atoms with Crippen LogP contribution in [0.2, 0.25) is 0 Å². The summed E-state index contributed by atoms with van der Waals surface area (Å²) in [6.45, 7) is 2.03. The van der Waals surface area contributed by atoms with Crippen molar-refractivity contribution in [3.8, 4) is 6.07 Å². The molecule has 3 N–H and O–H groups in total. The quantitative estimate of drug-likeness (QED) is 0.628. The van der Waals surface area contributed by atoms with Gasteiger partial charge in [-0.2, -0.15) is 5.26 Å². The lowest BCUT2D eigenvalue weighted by Gasteiger charge is -2.02. The highest BCUT2D eigenvalue weighted by molar-refractivity contribution is 7.80. The molecule has 0 aliphatic carbocycles. The van der Waals surface area contributed by atoms with Gasteiger partial charge in [-0.1, -0.05) is 24.3 Å². The zero-order valence-corrected chi connectivity index (χ0v) is 13.3. The van der Waals surface area contributed by atoms with Crippen LogP contribution in [-0.4, -0.2) is 11.0 Å². The molecule has 1 unspecified atom stereocenters. The van der Waals surface area contributed by atoms with E-state index >= 15 is 0 Å². The van der Waals surface area contributed by atoms with Crippen molar-refractivity contribution in [1.29, 1.82) is 5.26 Å². The van der Waals surface area contributed by atoms with Crippen molar-refractivity contribution in [2.75, 3.05) is 0 Å². The van der Waals surface area contributed by atoms with Gasteiger partial charge in [0.25, 0.3) is 0 Å². The number of rotatable bonds is 2. The summed E-state index contributed by atoms with van der Waals surface area (Å²) < 4.78 is 0. The Morgan fingerprint density at radius 2 is 2.00 bits per heavy atom. The van der Waals surface area contributed by atoms with E-state index in [9.17, 15) is 0 Å². The summed E-state index contributed by atoms with van der Waals surface area (Å²) in [6.07, 6.45) is 2.98. The highest BCUT2D eigenvalue weighted by Crippen LogP contribution is 2.18. The fourth-order valence-electron chi connectivity index (χ4n) is 2.22. The van der Waals surface area contributed by atoms with Gasteiger partial charge in [0.1, 0.15) is 0 Å². The first-order chi connectivity index (χ1) is 10.6. The van der Waals surface area contributed by atoms with E-state index in [4.69, 9.17) is 11.0 Å². The van der Waals surface area contributed by atoms with E-state index in [1.54, 1.807) is 18.2 Å². The molecule has 0 amide bonds. The fraction of sp³-hybridized carbons (Fsp3) is 0.167. The predicted octanol–water partition coefficient (Wildman–Crippen LogP) is 3.90. The molecule has 0 bridgehead atoms. The normalized spacial score (nSPS) is 11.4. The third-order valence-electron chi connectivity index (χ3n) is 3.19. The average Bonchev–Trinajstić information content (AvgIpc) is 2.91. The molecule has 0 aliphatic heterocycles. The highest BCUT2D eigenvalue weighted by Gasteiger charge is 2.04. The Kier molecular flexibility index (Phi) is 5.65. The van der Waals surface area contributed by atoms with Gasteiger partial charge in [0.05, 0.1) is 11.6 Å². The topological polar surface area (TPSA) is 65.6 Å². The molecule has 1 heterocycles. The molecule has 4 heteroatoms. The molecule has 0 aliphatic rings. The molecule has 1 atom stereocenters. The molecule has 0 saturated heterocycles. The Morgan fingerprint density at radius 1 is 1.23 bits per heavy atom. The third-order valence-corrected chi connectivity index (χ3v) is 3.47. The Labute approximate surface area is 136 Å². The summed E-state index contributed by atoms with van der Waals surface area (Å²) >= 11 is 4.06. The summed E-state index contributed by atoms with van der Waals surface area (Å²) in [5.41, 5.74) is 8.92. The number of nitrogens with two attached hydrogens (primary N) is 1. The number of para-hydroxylation sites is 1. The number of nitrogens with zero attached hydrogens (tertiary/aromatic N) is 1. The van der Waals surface area contributed by atoms with Gasteiger partial charge in [-0.3, -0.25) is 0 Å². The van der Waals surface area contributed by atoms with Crippen molar-refractivity contribution < 1.29 is 0 Å². The van der Waals surface area contributed by atoms with E-state index in [1.165, 1.54) is 16.5 Å². The molecule has 0 spiro atoms. The first kappa shape index (κ1) is 16.2. The van der Waals surface area contributed by atoms with Gasteiger partial charge in [-0.15, -0.1) is 12.6 Å². The maximum Gasteiger partial charge on any atom is 0.0992 e. The van der Waals surface area contributed by atoms with E-state index in [-0.39, 0.29) is 6.04 Å². The van der Waals surface area contributed by atoms with Crippen LogP contribution in [0.5, 0.6) is 0 Å². The van der Waals surface area contributed by atoms with Gasteiger partial charge in [0.15, 0.2) is 0 Å². The van der Waals surface area contributed by atoms with E-state index in [1.807, 2.05) is 31.3 Å². The summed E-state index contributed by atoms with van der Waals surface area (Å²) in [7, 11) is 0. The standard InChI is InChI=1S/C11H14N2.C7H5NS/c1-8(12)6-9-7-13-11-5-3-2-4-10(9)11;8-5-6-2-1-3-7(9)4-6/h2-5,7-8,13H,6,12H2,1H3;1-4,9H. The van der Waals surface area contributed by atoms with Gasteiger partial charge >= 0.3 is 0 Å². The number of hydrogen-bond donors (Lipinski definition) is 3. The summed E-state index contributed by atoms with van der Waals surface area (Å²) in [5, 5.41) is 9.67. The molecule has 3 rings (SSSR count). The highest BCUT2D eigenvalue weighted by atomic mass is 32.1. The second-order valence-corrected chi connectivity index (χ2v) is 5.72. The molecule has 3 aromatic rings. The van der Waals surface area contributed by atoms with E-state index in [2.05, 4.69) is 35.8 Å². The number of nitrogens with one attached hydrogen (secondary N) is 1. The van der Waals surface area contributed by atoms with Gasteiger partial charge < -0.3 is 10.7 Å². The SMILES string of the molecule is CC(N)Cc1c[nH]c2ccccc12.N#Cc1cccc(S)c1. The number of benzene rings is 2. The minimum absolute atomic E-state index is 0.221. The van der Waals surface area contributed by atoms with Crippen molar-refractivity contribution in [3.63, 3.8) is 0 Å². The second kappa shape index (κ2) is 7.69. The van der Waals surface area contributed by atoms with Crippen LogP contribution in [0.1, 0.15) is 18.1 Å². The monoisotopic (exact) mass is 309 g/mol. The first-order valence-electron chi connectivity index (χ1n) is 7.10. The average molecular weight is 309 g/mol. The Balaban J connectivity index is 0.000000172. The molecule has 0 radical (unpaired) electrons. The molecule has 0 saturated carbocycles. The first-order valence-corrected chi connectivity index (χ1v) is 7.54. The number of aromatic amines is 1. The van der Waals surface area contributed by atoms with Crippen molar-refractivity contribution in [3.05, 3.63) is 65.9 Å². The minimum Gasteiger partial charge on any atom is -0.361 e. The van der Waals surface area contributed by atoms with Gasteiger partial charge in [0.2, 0.25) is 0 Å². The zero-order valence-electron chi connectivity index (χ0n) is 12.5. The molecule has 112 valence electrons. The number of H-pyrrole nitrogens is 1. The largest absolute Gasteiger partial charge is 0.361 e. The smallest absolute Gasteiger partial charge is 0.0992 e. The van der Waals surface area contributed by atoms with Crippen LogP contribution in [0, 0.1) is 11.3 Å². The Morgan fingerprint density at radius 3 is 2.64 bits per heavy atom. The van der Waals surface area contributed by atoms with Crippen LogP contribution < -0.4 is 5.73 Å². The number of thiol groups is 1. The maximum absolute atomic E-state index is 8.38. The number of hydrogen-bond acceptors (Lipinski definition) is 3.